The van der Waals surface area contributed by atoms with Crippen LogP contribution in [-0.4, -0.2) is 15.7 Å². The van der Waals surface area contributed by atoms with Crippen molar-refractivity contribution in [3.63, 3.8) is 0 Å². The maximum absolute atomic E-state index is 11.9. The summed E-state index contributed by atoms with van der Waals surface area (Å²) in [4.78, 5) is 11.9. The van der Waals surface area contributed by atoms with Crippen molar-refractivity contribution >= 4 is 5.91 Å². The average molecular weight is 271 g/mol. The van der Waals surface area contributed by atoms with Crippen LogP contribution in [0.25, 0.3) is 0 Å². The monoisotopic (exact) mass is 271 g/mol. The zero-order chi connectivity index (χ0) is 14.5. The Morgan fingerprint density at radius 3 is 2.55 bits per heavy atom. The van der Waals surface area contributed by atoms with E-state index in [1.54, 1.807) is 0 Å². The topological polar surface area (TPSA) is 46.9 Å². The van der Waals surface area contributed by atoms with E-state index in [0.29, 0.717) is 13.0 Å². The Morgan fingerprint density at radius 2 is 1.95 bits per heavy atom. The number of carbonyl (C=O) groups is 1. The molecule has 20 heavy (non-hydrogen) atoms. The Hall–Kier alpha value is -2.10. The normalized spacial score (nSPS) is 12.2. The highest BCUT2D eigenvalue weighted by molar-refractivity contribution is 5.76. The molecule has 0 spiro atoms. The van der Waals surface area contributed by atoms with E-state index >= 15 is 0 Å². The zero-order valence-corrected chi connectivity index (χ0v) is 12.3. The fourth-order valence-corrected chi connectivity index (χ4v) is 2.02. The van der Waals surface area contributed by atoms with Crippen molar-refractivity contribution in [3.8, 4) is 0 Å². The maximum atomic E-state index is 11.9. The van der Waals surface area contributed by atoms with E-state index in [1.165, 1.54) is 5.56 Å². The van der Waals surface area contributed by atoms with Gasteiger partial charge in [0.05, 0.1) is 11.7 Å². The van der Waals surface area contributed by atoms with Crippen LogP contribution >= 0.6 is 0 Å². The van der Waals surface area contributed by atoms with Crippen molar-refractivity contribution < 1.29 is 4.79 Å². The lowest BCUT2D eigenvalue weighted by Gasteiger charge is -2.12. The third-order valence-corrected chi connectivity index (χ3v) is 3.28. The van der Waals surface area contributed by atoms with Gasteiger partial charge >= 0.3 is 0 Å². The van der Waals surface area contributed by atoms with Gasteiger partial charge < -0.3 is 5.32 Å². The molecule has 4 heteroatoms. The predicted octanol–water partition coefficient (Wildman–Crippen LogP) is 2.77. The summed E-state index contributed by atoms with van der Waals surface area (Å²) < 4.78 is 1.83. The minimum absolute atomic E-state index is 0.0474. The van der Waals surface area contributed by atoms with Gasteiger partial charge in [0.15, 0.2) is 0 Å². The van der Waals surface area contributed by atoms with Gasteiger partial charge in [-0.1, -0.05) is 29.8 Å². The number of nitrogens with one attached hydrogen (secondary N) is 1. The Kier molecular flexibility index (Phi) is 4.56. The molecule has 0 bridgehead atoms. The molecule has 1 aromatic carbocycles. The van der Waals surface area contributed by atoms with Gasteiger partial charge in [0, 0.05) is 19.2 Å². The van der Waals surface area contributed by atoms with Crippen LogP contribution in [0, 0.1) is 13.8 Å². The van der Waals surface area contributed by atoms with Crippen LogP contribution in [0.4, 0.5) is 0 Å². The molecular formula is C16H21N3O. The first kappa shape index (κ1) is 14.3. The van der Waals surface area contributed by atoms with Crippen LogP contribution in [0.1, 0.15) is 36.2 Å². The molecule has 1 heterocycles. The number of hydrogen-bond donors (Lipinski definition) is 1. The molecule has 0 fully saturated rings. The van der Waals surface area contributed by atoms with Crippen LogP contribution in [-0.2, 0) is 11.3 Å². The summed E-state index contributed by atoms with van der Waals surface area (Å²) in [5, 5.41) is 7.27. The maximum Gasteiger partial charge on any atom is 0.222 e. The van der Waals surface area contributed by atoms with Gasteiger partial charge in [0.1, 0.15) is 0 Å². The van der Waals surface area contributed by atoms with Crippen LogP contribution < -0.4 is 5.32 Å². The van der Waals surface area contributed by atoms with Crippen molar-refractivity contribution in [3.05, 3.63) is 53.3 Å². The highest BCUT2D eigenvalue weighted by Crippen LogP contribution is 2.10. The minimum atomic E-state index is 0.0474. The van der Waals surface area contributed by atoms with Gasteiger partial charge in [-0.2, -0.15) is 5.10 Å². The lowest BCUT2D eigenvalue weighted by molar-refractivity contribution is -0.122. The van der Waals surface area contributed by atoms with Gasteiger partial charge in [-0.3, -0.25) is 9.48 Å². The van der Waals surface area contributed by atoms with E-state index in [9.17, 15) is 4.79 Å². The van der Waals surface area contributed by atoms with Crippen molar-refractivity contribution in [1.29, 1.82) is 0 Å². The van der Waals surface area contributed by atoms with E-state index in [2.05, 4.69) is 29.5 Å². The van der Waals surface area contributed by atoms with Gasteiger partial charge in [-0.25, -0.2) is 0 Å². The van der Waals surface area contributed by atoms with E-state index in [-0.39, 0.29) is 11.9 Å². The minimum Gasteiger partial charge on any atom is -0.352 e. The summed E-state index contributed by atoms with van der Waals surface area (Å²) >= 11 is 0. The molecule has 0 aliphatic rings. The van der Waals surface area contributed by atoms with E-state index in [0.717, 1.165) is 11.3 Å². The first-order valence-electron chi connectivity index (χ1n) is 6.88. The Morgan fingerprint density at radius 1 is 1.25 bits per heavy atom. The second-order valence-corrected chi connectivity index (χ2v) is 5.25. The van der Waals surface area contributed by atoms with E-state index < -0.39 is 0 Å². The van der Waals surface area contributed by atoms with E-state index in [1.807, 2.05) is 42.9 Å². The number of carbonyl (C=O) groups excluding carboxylic acids is 1. The third-order valence-electron chi connectivity index (χ3n) is 3.28. The van der Waals surface area contributed by atoms with Crippen molar-refractivity contribution in [2.75, 3.05) is 0 Å². The van der Waals surface area contributed by atoms with E-state index in [4.69, 9.17) is 0 Å². The lowest BCUT2D eigenvalue weighted by Crippen LogP contribution is -2.25. The van der Waals surface area contributed by atoms with Crippen LogP contribution in [0.5, 0.6) is 0 Å². The molecule has 4 nitrogen and oxygen atoms in total. The third kappa shape index (κ3) is 3.95. The summed E-state index contributed by atoms with van der Waals surface area (Å²) in [7, 11) is 0. The molecule has 1 aromatic heterocycles. The largest absolute Gasteiger partial charge is 0.352 e. The first-order valence-corrected chi connectivity index (χ1v) is 6.88. The van der Waals surface area contributed by atoms with Crippen molar-refractivity contribution in [1.82, 2.24) is 15.1 Å². The molecule has 2 rings (SSSR count). The molecule has 1 amide bonds. The Labute approximate surface area is 119 Å². The SMILES string of the molecule is Cc1ccc(CNC(=O)C[C@H](C)n2ccc(C)n2)cc1. The van der Waals surface area contributed by atoms with Gasteiger partial charge in [0.25, 0.3) is 0 Å². The van der Waals surface area contributed by atoms with Crippen LogP contribution in [0.15, 0.2) is 36.5 Å². The summed E-state index contributed by atoms with van der Waals surface area (Å²) in [6.45, 7) is 6.57. The number of hydrogen-bond acceptors (Lipinski definition) is 2. The van der Waals surface area contributed by atoms with Gasteiger partial charge in [0.2, 0.25) is 5.91 Å². The molecule has 1 atom stereocenters. The van der Waals surface area contributed by atoms with Crippen LogP contribution in [0.3, 0.4) is 0 Å². The zero-order valence-electron chi connectivity index (χ0n) is 12.3. The number of nitrogens with zero attached hydrogens (tertiary/aromatic N) is 2. The molecule has 0 aliphatic heterocycles. The molecule has 1 N–H and O–H groups in total. The molecule has 0 saturated carbocycles. The molecule has 0 aliphatic carbocycles. The first-order chi connectivity index (χ1) is 9.54. The summed E-state index contributed by atoms with van der Waals surface area (Å²) in [6, 6.07) is 10.2. The Balaban J connectivity index is 1.82. The smallest absolute Gasteiger partial charge is 0.222 e. The second kappa shape index (κ2) is 6.37. The highest BCUT2D eigenvalue weighted by Gasteiger charge is 2.11. The quantitative estimate of drug-likeness (QED) is 0.909. The molecule has 106 valence electrons. The number of benzene rings is 1. The molecule has 0 saturated heterocycles. The predicted molar refractivity (Wildman–Crippen MR) is 79.3 cm³/mol. The number of aromatic nitrogens is 2. The van der Waals surface area contributed by atoms with Gasteiger partial charge in [-0.05, 0) is 32.4 Å². The standard InChI is InChI=1S/C16H21N3O/c1-12-4-6-15(7-5-12)11-17-16(20)10-14(3)19-9-8-13(2)18-19/h4-9,14H,10-11H2,1-3H3,(H,17,20)/t14-/m0/s1. The lowest BCUT2D eigenvalue weighted by atomic mass is 10.1. The van der Waals surface area contributed by atoms with Crippen molar-refractivity contribution in [2.24, 2.45) is 0 Å². The number of aryl methyl sites for hydroxylation is 2. The van der Waals surface area contributed by atoms with Crippen LogP contribution in [0.2, 0.25) is 0 Å². The molecule has 2 aromatic rings. The summed E-state index contributed by atoms with van der Waals surface area (Å²) in [5.41, 5.74) is 3.31. The Bertz CT molecular complexity index is 572. The fourth-order valence-electron chi connectivity index (χ4n) is 2.02. The van der Waals surface area contributed by atoms with Gasteiger partial charge in [-0.15, -0.1) is 0 Å². The summed E-state index contributed by atoms with van der Waals surface area (Å²) in [6.07, 6.45) is 2.35. The number of rotatable bonds is 5. The summed E-state index contributed by atoms with van der Waals surface area (Å²) in [5.74, 6) is 0.0474. The molecular weight excluding hydrogens is 250 g/mol. The second-order valence-electron chi connectivity index (χ2n) is 5.25. The fraction of sp³-hybridized carbons (Fsp3) is 0.375. The average Bonchev–Trinajstić information content (AvgIpc) is 2.85. The molecule has 0 unspecified atom stereocenters. The van der Waals surface area contributed by atoms with Crippen molar-refractivity contribution in [2.45, 2.75) is 39.8 Å². The highest BCUT2D eigenvalue weighted by atomic mass is 16.1. The number of amides is 1. The molecule has 0 radical (unpaired) electrons.